The third kappa shape index (κ3) is 4.91. The number of anilines is 1. The van der Waals surface area contributed by atoms with E-state index < -0.39 is 0 Å². The molecule has 0 aliphatic heterocycles. The van der Waals surface area contributed by atoms with Crippen LogP contribution in [0.5, 0.6) is 0 Å². The normalized spacial score (nSPS) is 10.9. The second kappa shape index (κ2) is 7.84. The van der Waals surface area contributed by atoms with Crippen LogP contribution in [0, 0.1) is 5.92 Å². The van der Waals surface area contributed by atoms with Crippen LogP contribution in [0.3, 0.4) is 0 Å². The molecule has 21 heavy (non-hydrogen) atoms. The van der Waals surface area contributed by atoms with Crippen LogP contribution in [-0.4, -0.2) is 7.11 Å². The first-order valence-electron chi connectivity index (χ1n) is 7.57. The average Bonchev–Trinajstić information content (AvgIpc) is 2.48. The fourth-order valence-corrected chi connectivity index (χ4v) is 2.44. The molecular formula is C19H25NO. The molecule has 0 radical (unpaired) electrons. The van der Waals surface area contributed by atoms with Gasteiger partial charge in [0.05, 0.1) is 6.61 Å². The summed E-state index contributed by atoms with van der Waals surface area (Å²) in [4.78, 5) is 0. The minimum Gasteiger partial charge on any atom is -0.381 e. The first kappa shape index (κ1) is 15.6. The summed E-state index contributed by atoms with van der Waals surface area (Å²) in [7, 11) is 1.73. The third-order valence-electron chi connectivity index (χ3n) is 3.47. The molecule has 0 saturated carbocycles. The van der Waals surface area contributed by atoms with E-state index in [4.69, 9.17) is 4.74 Å². The molecule has 2 aromatic carbocycles. The molecule has 0 fully saturated rings. The van der Waals surface area contributed by atoms with Gasteiger partial charge in [0.25, 0.3) is 0 Å². The molecule has 0 heterocycles. The molecule has 0 spiro atoms. The summed E-state index contributed by atoms with van der Waals surface area (Å²) in [5.74, 6) is 0.704. The van der Waals surface area contributed by atoms with Crippen LogP contribution in [-0.2, 0) is 24.3 Å². The monoisotopic (exact) mass is 283 g/mol. The van der Waals surface area contributed by atoms with Gasteiger partial charge in [-0.3, -0.25) is 0 Å². The summed E-state index contributed by atoms with van der Waals surface area (Å²) in [6, 6.07) is 17.2. The van der Waals surface area contributed by atoms with E-state index in [1.165, 1.54) is 16.7 Å². The van der Waals surface area contributed by atoms with Crippen molar-refractivity contribution in [2.75, 3.05) is 12.4 Å². The number of para-hydroxylation sites is 1. The van der Waals surface area contributed by atoms with Crippen molar-refractivity contribution in [1.29, 1.82) is 0 Å². The molecular weight excluding hydrogens is 258 g/mol. The Hall–Kier alpha value is -1.80. The van der Waals surface area contributed by atoms with Crippen molar-refractivity contribution in [3.05, 3.63) is 65.2 Å². The standard InChI is InChI=1S/C19H25NO/c1-15(2)12-16-8-10-17(11-9-16)13-20-19-7-5-4-6-18(19)14-21-3/h4-11,15,20H,12-14H2,1-3H3. The molecule has 2 heteroatoms. The van der Waals surface area contributed by atoms with Gasteiger partial charge in [0, 0.05) is 24.9 Å². The lowest BCUT2D eigenvalue weighted by Gasteiger charge is -2.12. The van der Waals surface area contributed by atoms with Crippen LogP contribution in [0.4, 0.5) is 5.69 Å². The zero-order valence-electron chi connectivity index (χ0n) is 13.2. The van der Waals surface area contributed by atoms with E-state index in [1.807, 2.05) is 12.1 Å². The van der Waals surface area contributed by atoms with Gasteiger partial charge in [-0.2, -0.15) is 0 Å². The van der Waals surface area contributed by atoms with Crippen LogP contribution in [0.15, 0.2) is 48.5 Å². The average molecular weight is 283 g/mol. The van der Waals surface area contributed by atoms with Crippen molar-refractivity contribution in [2.24, 2.45) is 5.92 Å². The number of ether oxygens (including phenoxy) is 1. The number of hydrogen-bond donors (Lipinski definition) is 1. The Morgan fingerprint density at radius 1 is 0.952 bits per heavy atom. The molecule has 0 aromatic heterocycles. The SMILES string of the molecule is COCc1ccccc1NCc1ccc(CC(C)C)cc1. The molecule has 0 aliphatic rings. The molecule has 2 rings (SSSR count). The van der Waals surface area contributed by atoms with Gasteiger partial charge in [0.1, 0.15) is 0 Å². The fourth-order valence-electron chi connectivity index (χ4n) is 2.44. The molecule has 0 saturated heterocycles. The highest BCUT2D eigenvalue weighted by atomic mass is 16.5. The molecule has 2 aromatic rings. The van der Waals surface area contributed by atoms with Crippen molar-refractivity contribution >= 4 is 5.69 Å². The summed E-state index contributed by atoms with van der Waals surface area (Å²) < 4.78 is 5.23. The molecule has 0 unspecified atom stereocenters. The van der Waals surface area contributed by atoms with Crippen LogP contribution >= 0.6 is 0 Å². The van der Waals surface area contributed by atoms with Gasteiger partial charge >= 0.3 is 0 Å². The molecule has 112 valence electrons. The lowest BCUT2D eigenvalue weighted by atomic mass is 10.0. The van der Waals surface area contributed by atoms with Gasteiger partial charge in [-0.25, -0.2) is 0 Å². The molecule has 1 N–H and O–H groups in total. The summed E-state index contributed by atoms with van der Waals surface area (Å²) in [6.45, 7) is 5.98. The zero-order chi connectivity index (χ0) is 15.1. The molecule has 2 nitrogen and oxygen atoms in total. The summed E-state index contributed by atoms with van der Waals surface area (Å²) in [5, 5.41) is 3.49. The van der Waals surface area contributed by atoms with Crippen molar-refractivity contribution in [2.45, 2.75) is 33.4 Å². The smallest absolute Gasteiger partial charge is 0.0733 e. The minimum atomic E-state index is 0.635. The Kier molecular flexibility index (Phi) is 5.82. The van der Waals surface area contributed by atoms with Crippen molar-refractivity contribution in [1.82, 2.24) is 0 Å². The predicted octanol–water partition coefficient (Wildman–Crippen LogP) is 4.64. The topological polar surface area (TPSA) is 21.3 Å². The molecule has 0 bridgehead atoms. The van der Waals surface area contributed by atoms with Crippen LogP contribution < -0.4 is 5.32 Å². The highest BCUT2D eigenvalue weighted by Crippen LogP contribution is 2.17. The van der Waals surface area contributed by atoms with E-state index in [-0.39, 0.29) is 0 Å². The van der Waals surface area contributed by atoms with Gasteiger partial charge in [-0.15, -0.1) is 0 Å². The Labute approximate surface area is 128 Å². The minimum absolute atomic E-state index is 0.635. The van der Waals surface area contributed by atoms with Crippen LogP contribution in [0.25, 0.3) is 0 Å². The number of benzene rings is 2. The van der Waals surface area contributed by atoms with E-state index in [9.17, 15) is 0 Å². The summed E-state index contributed by atoms with van der Waals surface area (Å²) >= 11 is 0. The number of hydrogen-bond acceptors (Lipinski definition) is 2. The van der Waals surface area contributed by atoms with Crippen LogP contribution in [0.2, 0.25) is 0 Å². The van der Waals surface area contributed by atoms with Gasteiger partial charge in [0.2, 0.25) is 0 Å². The van der Waals surface area contributed by atoms with Crippen molar-refractivity contribution < 1.29 is 4.74 Å². The van der Waals surface area contributed by atoms with Gasteiger partial charge in [0.15, 0.2) is 0 Å². The highest BCUT2D eigenvalue weighted by Gasteiger charge is 2.02. The molecule has 0 aliphatic carbocycles. The van der Waals surface area contributed by atoms with Crippen LogP contribution in [0.1, 0.15) is 30.5 Å². The second-order valence-corrected chi connectivity index (χ2v) is 5.86. The first-order chi connectivity index (χ1) is 10.2. The zero-order valence-corrected chi connectivity index (χ0v) is 13.2. The largest absolute Gasteiger partial charge is 0.381 e. The van der Waals surface area contributed by atoms with E-state index in [0.29, 0.717) is 12.5 Å². The number of rotatable bonds is 7. The Morgan fingerprint density at radius 2 is 1.62 bits per heavy atom. The summed E-state index contributed by atoms with van der Waals surface area (Å²) in [6.07, 6.45) is 1.14. The highest BCUT2D eigenvalue weighted by molar-refractivity contribution is 5.51. The molecule has 0 atom stereocenters. The fraction of sp³-hybridized carbons (Fsp3) is 0.368. The van der Waals surface area contributed by atoms with E-state index >= 15 is 0 Å². The maximum Gasteiger partial charge on any atom is 0.0733 e. The van der Waals surface area contributed by atoms with Gasteiger partial charge < -0.3 is 10.1 Å². The van der Waals surface area contributed by atoms with Gasteiger partial charge in [-0.05, 0) is 29.5 Å². The lowest BCUT2D eigenvalue weighted by Crippen LogP contribution is -2.03. The van der Waals surface area contributed by atoms with E-state index in [0.717, 1.165) is 18.7 Å². The Bertz CT molecular complexity index is 546. The van der Waals surface area contributed by atoms with Gasteiger partial charge in [-0.1, -0.05) is 56.3 Å². The quantitative estimate of drug-likeness (QED) is 0.799. The Balaban J connectivity index is 1.96. The molecule has 0 amide bonds. The van der Waals surface area contributed by atoms with E-state index in [1.54, 1.807) is 7.11 Å². The first-order valence-corrected chi connectivity index (χ1v) is 7.57. The number of methoxy groups -OCH3 is 1. The second-order valence-electron chi connectivity index (χ2n) is 5.86. The van der Waals surface area contributed by atoms with E-state index in [2.05, 4.69) is 55.6 Å². The van der Waals surface area contributed by atoms with Crippen molar-refractivity contribution in [3.63, 3.8) is 0 Å². The lowest BCUT2D eigenvalue weighted by molar-refractivity contribution is 0.185. The van der Waals surface area contributed by atoms with Crippen molar-refractivity contribution in [3.8, 4) is 0 Å². The third-order valence-corrected chi connectivity index (χ3v) is 3.47. The predicted molar refractivity (Wildman–Crippen MR) is 89.5 cm³/mol. The maximum atomic E-state index is 5.23. The summed E-state index contributed by atoms with van der Waals surface area (Å²) in [5.41, 5.74) is 5.05. The number of nitrogens with one attached hydrogen (secondary N) is 1. The Morgan fingerprint density at radius 3 is 2.29 bits per heavy atom. The maximum absolute atomic E-state index is 5.23.